The maximum Gasteiger partial charge on any atom is 0.253 e. The zero-order valence-electron chi connectivity index (χ0n) is 11.3. The molecule has 0 spiro atoms. The highest BCUT2D eigenvalue weighted by Crippen LogP contribution is 2.24. The quantitative estimate of drug-likeness (QED) is 0.751. The lowest BCUT2D eigenvalue weighted by atomic mass is 10.1. The first-order chi connectivity index (χ1) is 10.1. The number of nitrogens with one attached hydrogen (secondary N) is 1. The van der Waals surface area contributed by atoms with Crippen LogP contribution in [-0.2, 0) is 6.54 Å². The van der Waals surface area contributed by atoms with Gasteiger partial charge < -0.3 is 5.32 Å². The van der Waals surface area contributed by atoms with Gasteiger partial charge in [-0.2, -0.15) is 0 Å². The van der Waals surface area contributed by atoms with E-state index in [0.29, 0.717) is 17.3 Å². The molecule has 0 bridgehead atoms. The van der Waals surface area contributed by atoms with E-state index in [9.17, 15) is 4.79 Å². The first kappa shape index (κ1) is 14.0. The number of nitrogens with zero attached hydrogens (tertiary/aromatic N) is 2. The van der Waals surface area contributed by atoms with Gasteiger partial charge in [-0.1, -0.05) is 35.9 Å². The lowest BCUT2D eigenvalue weighted by Crippen LogP contribution is -2.23. The van der Waals surface area contributed by atoms with E-state index in [1.54, 1.807) is 17.5 Å². The van der Waals surface area contributed by atoms with Gasteiger partial charge in [-0.25, -0.2) is 9.97 Å². The largest absolute Gasteiger partial charge is 0.345 e. The van der Waals surface area contributed by atoms with Crippen LogP contribution in [0.1, 0.15) is 20.2 Å². The fraction of sp³-hybridized carbons (Fsp3) is 0.133. The summed E-state index contributed by atoms with van der Waals surface area (Å²) < 4.78 is 0. The van der Waals surface area contributed by atoms with E-state index in [1.807, 2.05) is 31.2 Å². The number of pyridine rings is 1. The molecule has 4 nitrogen and oxygen atoms in total. The summed E-state index contributed by atoms with van der Waals surface area (Å²) in [5.41, 5.74) is 0.517. The van der Waals surface area contributed by atoms with Gasteiger partial charge >= 0.3 is 0 Å². The molecule has 0 saturated heterocycles. The number of hydrogen-bond acceptors (Lipinski definition) is 4. The normalized spacial score (nSPS) is 10.8. The number of aromatic nitrogens is 2. The standard InChI is InChI=1S/C15H12ClN3OS/c1-9-6-17-13(21-9)8-19-15(20)12-7-18-14(16)11-5-3-2-4-10(11)12/h2-7H,8H2,1H3,(H,19,20). The molecule has 1 aromatic carbocycles. The van der Waals surface area contributed by atoms with E-state index in [-0.39, 0.29) is 5.91 Å². The van der Waals surface area contributed by atoms with Crippen molar-refractivity contribution < 1.29 is 4.79 Å². The van der Waals surface area contributed by atoms with E-state index < -0.39 is 0 Å². The van der Waals surface area contributed by atoms with Crippen LogP contribution in [0.3, 0.4) is 0 Å². The van der Waals surface area contributed by atoms with E-state index in [0.717, 1.165) is 20.7 Å². The van der Waals surface area contributed by atoms with Crippen LogP contribution < -0.4 is 5.32 Å². The summed E-state index contributed by atoms with van der Waals surface area (Å²) in [7, 11) is 0. The maximum atomic E-state index is 12.3. The molecule has 3 aromatic rings. The fourth-order valence-corrected chi connectivity index (χ4v) is 3.01. The lowest BCUT2D eigenvalue weighted by molar-refractivity contribution is 0.0952. The average molecular weight is 318 g/mol. The molecule has 3 rings (SSSR count). The summed E-state index contributed by atoms with van der Waals surface area (Å²) in [6, 6.07) is 7.46. The first-order valence-electron chi connectivity index (χ1n) is 6.38. The Morgan fingerprint density at radius 2 is 2.00 bits per heavy atom. The number of benzene rings is 1. The number of halogens is 1. The SMILES string of the molecule is Cc1cnc(CNC(=O)c2cnc(Cl)c3ccccc23)s1. The average Bonchev–Trinajstić information content (AvgIpc) is 2.91. The number of amides is 1. The number of hydrogen-bond donors (Lipinski definition) is 1. The molecule has 2 heterocycles. The second-order valence-corrected chi connectivity index (χ2v) is 6.23. The number of aryl methyl sites for hydroxylation is 1. The monoisotopic (exact) mass is 317 g/mol. The van der Waals surface area contributed by atoms with Crippen molar-refractivity contribution in [3.05, 3.63) is 57.3 Å². The summed E-state index contributed by atoms with van der Waals surface area (Å²) in [6.07, 6.45) is 3.30. The minimum absolute atomic E-state index is 0.178. The zero-order valence-corrected chi connectivity index (χ0v) is 12.8. The Labute approximate surface area is 130 Å². The highest BCUT2D eigenvalue weighted by molar-refractivity contribution is 7.11. The Hall–Kier alpha value is -1.98. The molecule has 106 valence electrons. The third kappa shape index (κ3) is 2.89. The number of rotatable bonds is 3. The van der Waals surface area contributed by atoms with E-state index >= 15 is 0 Å². The van der Waals surface area contributed by atoms with Crippen molar-refractivity contribution in [3.63, 3.8) is 0 Å². The van der Waals surface area contributed by atoms with Crippen LogP contribution in [-0.4, -0.2) is 15.9 Å². The Balaban J connectivity index is 1.86. The number of fused-ring (bicyclic) bond motifs is 1. The van der Waals surface area contributed by atoms with Gasteiger partial charge in [0.05, 0.1) is 12.1 Å². The van der Waals surface area contributed by atoms with Gasteiger partial charge in [0.15, 0.2) is 0 Å². The van der Waals surface area contributed by atoms with E-state index in [2.05, 4.69) is 15.3 Å². The van der Waals surface area contributed by atoms with Gasteiger partial charge in [0.1, 0.15) is 10.2 Å². The van der Waals surface area contributed by atoms with Crippen molar-refractivity contribution in [2.24, 2.45) is 0 Å². The molecule has 2 aromatic heterocycles. The van der Waals surface area contributed by atoms with Gasteiger partial charge in [-0.05, 0) is 12.3 Å². The van der Waals surface area contributed by atoms with Crippen LogP contribution in [0.15, 0.2) is 36.7 Å². The zero-order chi connectivity index (χ0) is 14.8. The van der Waals surface area contributed by atoms with Crippen LogP contribution in [0.4, 0.5) is 0 Å². The van der Waals surface area contributed by atoms with E-state index in [4.69, 9.17) is 11.6 Å². The summed E-state index contributed by atoms with van der Waals surface area (Å²) in [5, 5.41) is 5.72. The van der Waals surface area contributed by atoms with Gasteiger partial charge in [0.25, 0.3) is 5.91 Å². The molecular weight excluding hydrogens is 306 g/mol. The third-order valence-corrected chi connectivity index (χ3v) is 4.27. The highest BCUT2D eigenvalue weighted by Gasteiger charge is 2.13. The van der Waals surface area contributed by atoms with Crippen molar-refractivity contribution >= 4 is 39.6 Å². The molecule has 6 heteroatoms. The van der Waals surface area contributed by atoms with Crippen molar-refractivity contribution in [2.75, 3.05) is 0 Å². The van der Waals surface area contributed by atoms with Crippen molar-refractivity contribution in [1.29, 1.82) is 0 Å². The molecule has 0 unspecified atom stereocenters. The van der Waals surface area contributed by atoms with Crippen LogP contribution in [0.5, 0.6) is 0 Å². The smallest absolute Gasteiger partial charge is 0.253 e. The number of thiazole rings is 1. The second kappa shape index (κ2) is 5.79. The van der Waals surface area contributed by atoms with Gasteiger partial charge in [-0.3, -0.25) is 4.79 Å². The minimum Gasteiger partial charge on any atom is -0.345 e. The van der Waals surface area contributed by atoms with Crippen LogP contribution in [0, 0.1) is 6.92 Å². The Morgan fingerprint density at radius 1 is 1.24 bits per heavy atom. The molecule has 0 fully saturated rings. The summed E-state index contributed by atoms with van der Waals surface area (Å²) in [5.74, 6) is -0.178. The molecule has 21 heavy (non-hydrogen) atoms. The van der Waals surface area contributed by atoms with Crippen molar-refractivity contribution in [2.45, 2.75) is 13.5 Å². The fourth-order valence-electron chi connectivity index (χ4n) is 2.07. The molecule has 0 aliphatic carbocycles. The van der Waals surface area contributed by atoms with Crippen LogP contribution in [0.2, 0.25) is 5.15 Å². The highest BCUT2D eigenvalue weighted by atomic mass is 35.5. The van der Waals surface area contributed by atoms with E-state index in [1.165, 1.54) is 6.20 Å². The molecule has 0 atom stereocenters. The predicted octanol–water partition coefficient (Wildman–Crippen LogP) is 3.58. The molecule has 0 saturated carbocycles. The van der Waals surface area contributed by atoms with Crippen molar-refractivity contribution in [1.82, 2.24) is 15.3 Å². The molecule has 0 aliphatic heterocycles. The molecule has 1 N–H and O–H groups in total. The molecular formula is C15H12ClN3OS. The van der Waals surface area contributed by atoms with Crippen LogP contribution in [0.25, 0.3) is 10.8 Å². The third-order valence-electron chi connectivity index (χ3n) is 3.06. The number of carbonyl (C=O) groups is 1. The summed E-state index contributed by atoms with van der Waals surface area (Å²) in [6.45, 7) is 2.40. The minimum atomic E-state index is -0.178. The predicted molar refractivity (Wildman–Crippen MR) is 84.8 cm³/mol. The Kier molecular flexibility index (Phi) is 3.86. The van der Waals surface area contributed by atoms with Crippen LogP contribution >= 0.6 is 22.9 Å². The Morgan fingerprint density at radius 3 is 2.71 bits per heavy atom. The Bertz CT molecular complexity index is 816. The summed E-state index contributed by atoms with van der Waals surface area (Å²) >= 11 is 7.63. The second-order valence-electron chi connectivity index (χ2n) is 4.56. The molecule has 0 aliphatic rings. The van der Waals surface area contributed by atoms with Gasteiger partial charge in [0.2, 0.25) is 0 Å². The number of carbonyl (C=O) groups excluding carboxylic acids is 1. The van der Waals surface area contributed by atoms with Gasteiger partial charge in [-0.15, -0.1) is 11.3 Å². The van der Waals surface area contributed by atoms with Crippen molar-refractivity contribution in [3.8, 4) is 0 Å². The molecule has 0 radical (unpaired) electrons. The lowest BCUT2D eigenvalue weighted by Gasteiger charge is -2.07. The maximum absolute atomic E-state index is 12.3. The first-order valence-corrected chi connectivity index (χ1v) is 7.57. The topological polar surface area (TPSA) is 54.9 Å². The molecule has 1 amide bonds. The van der Waals surface area contributed by atoms with Gasteiger partial charge in [0, 0.05) is 22.7 Å². The summed E-state index contributed by atoms with van der Waals surface area (Å²) in [4.78, 5) is 21.8.